The predicted molar refractivity (Wildman–Crippen MR) is 79.4 cm³/mol. The number of oxime groups is 1. The fourth-order valence-corrected chi connectivity index (χ4v) is 1.99. The molecule has 1 aromatic carbocycles. The molecule has 6 heteroatoms. The largest absolute Gasteiger partial charge is 0.496 e. The maximum atomic E-state index is 8.83. The summed E-state index contributed by atoms with van der Waals surface area (Å²) in [6.45, 7) is 2.32. The number of H-pyrrole nitrogens is 1. The Kier molecular flexibility index (Phi) is 5.20. The molecule has 0 unspecified atom stereocenters. The maximum Gasteiger partial charge on any atom is 0.131 e. The first-order valence-corrected chi connectivity index (χ1v) is 6.71. The van der Waals surface area contributed by atoms with Crippen molar-refractivity contribution in [1.82, 2.24) is 9.97 Å². The number of benzene rings is 1. The lowest BCUT2D eigenvalue weighted by molar-refractivity contribution is 0.307. The highest BCUT2D eigenvalue weighted by molar-refractivity contribution is 6.00. The van der Waals surface area contributed by atoms with Crippen molar-refractivity contribution in [1.29, 1.82) is 0 Å². The third-order valence-corrected chi connectivity index (χ3v) is 3.13. The van der Waals surface area contributed by atoms with Crippen LogP contribution in [0.3, 0.4) is 0 Å². The summed E-state index contributed by atoms with van der Waals surface area (Å²) in [5, 5.41) is 12.0. The SMILES string of the molecule is COc1cc(OCCCc2cnc[nH]2)ccc1/C(C)=N/O. The smallest absolute Gasteiger partial charge is 0.131 e. The zero-order valence-corrected chi connectivity index (χ0v) is 12.2. The van der Waals surface area contributed by atoms with Crippen molar-refractivity contribution in [2.24, 2.45) is 5.16 Å². The van der Waals surface area contributed by atoms with Gasteiger partial charge in [-0.05, 0) is 31.9 Å². The summed E-state index contributed by atoms with van der Waals surface area (Å²) < 4.78 is 11.0. The summed E-state index contributed by atoms with van der Waals surface area (Å²) >= 11 is 0. The van der Waals surface area contributed by atoms with E-state index in [9.17, 15) is 0 Å². The molecule has 2 N–H and O–H groups in total. The third kappa shape index (κ3) is 3.98. The van der Waals surface area contributed by atoms with Crippen LogP contribution in [0.15, 0.2) is 35.9 Å². The lowest BCUT2D eigenvalue weighted by atomic mass is 10.1. The van der Waals surface area contributed by atoms with E-state index in [1.807, 2.05) is 18.3 Å². The molecule has 0 fully saturated rings. The van der Waals surface area contributed by atoms with Gasteiger partial charge < -0.3 is 19.7 Å². The van der Waals surface area contributed by atoms with Gasteiger partial charge in [0.2, 0.25) is 0 Å². The molecule has 0 atom stereocenters. The molecule has 6 nitrogen and oxygen atoms in total. The van der Waals surface area contributed by atoms with Crippen molar-refractivity contribution < 1.29 is 14.7 Å². The average Bonchev–Trinajstić information content (AvgIpc) is 3.04. The van der Waals surface area contributed by atoms with Crippen molar-refractivity contribution in [2.45, 2.75) is 19.8 Å². The number of hydrogen-bond donors (Lipinski definition) is 2. The molecule has 0 aliphatic heterocycles. The summed E-state index contributed by atoms with van der Waals surface area (Å²) in [4.78, 5) is 7.03. The van der Waals surface area contributed by atoms with E-state index in [1.165, 1.54) is 0 Å². The van der Waals surface area contributed by atoms with Crippen molar-refractivity contribution in [3.8, 4) is 11.5 Å². The monoisotopic (exact) mass is 289 g/mol. The van der Waals surface area contributed by atoms with Gasteiger partial charge >= 0.3 is 0 Å². The first-order valence-electron chi connectivity index (χ1n) is 6.71. The first kappa shape index (κ1) is 14.9. The van der Waals surface area contributed by atoms with E-state index in [0.29, 0.717) is 18.1 Å². The van der Waals surface area contributed by atoms with Gasteiger partial charge in [-0.25, -0.2) is 4.98 Å². The maximum absolute atomic E-state index is 8.83. The van der Waals surface area contributed by atoms with Gasteiger partial charge in [0.05, 0.1) is 25.8 Å². The summed E-state index contributed by atoms with van der Waals surface area (Å²) in [7, 11) is 1.57. The molecule has 1 aromatic heterocycles. The van der Waals surface area contributed by atoms with Gasteiger partial charge in [-0.15, -0.1) is 0 Å². The highest BCUT2D eigenvalue weighted by atomic mass is 16.5. The van der Waals surface area contributed by atoms with Gasteiger partial charge in [0.25, 0.3) is 0 Å². The van der Waals surface area contributed by atoms with Gasteiger partial charge in [-0.1, -0.05) is 5.16 Å². The van der Waals surface area contributed by atoms with Crippen LogP contribution in [-0.2, 0) is 6.42 Å². The molecule has 1 heterocycles. The molecule has 2 aromatic rings. The Morgan fingerprint density at radius 1 is 1.43 bits per heavy atom. The topological polar surface area (TPSA) is 79.7 Å². The van der Waals surface area contributed by atoms with Gasteiger partial charge in [-0.2, -0.15) is 0 Å². The predicted octanol–water partition coefficient (Wildman–Crippen LogP) is 2.63. The van der Waals surface area contributed by atoms with E-state index in [1.54, 1.807) is 26.4 Å². The standard InChI is InChI=1S/C15H19N3O3/c1-11(18-19)14-6-5-13(8-15(14)20-2)21-7-3-4-12-9-16-10-17-12/h5-6,8-10,19H,3-4,7H2,1-2H3,(H,16,17)/b18-11+. The van der Waals surface area contributed by atoms with E-state index in [2.05, 4.69) is 15.1 Å². The highest BCUT2D eigenvalue weighted by Crippen LogP contribution is 2.25. The second kappa shape index (κ2) is 7.33. The van der Waals surface area contributed by atoms with Crippen LogP contribution in [0.5, 0.6) is 11.5 Å². The number of imidazole rings is 1. The van der Waals surface area contributed by atoms with Crippen LogP contribution < -0.4 is 9.47 Å². The minimum Gasteiger partial charge on any atom is -0.496 e. The van der Waals surface area contributed by atoms with Crippen molar-refractivity contribution in [3.63, 3.8) is 0 Å². The molecule has 0 aliphatic rings. The number of methoxy groups -OCH3 is 1. The number of hydrogen-bond acceptors (Lipinski definition) is 5. The lowest BCUT2D eigenvalue weighted by Gasteiger charge is -2.11. The number of nitrogens with one attached hydrogen (secondary N) is 1. The quantitative estimate of drug-likeness (QED) is 0.355. The van der Waals surface area contributed by atoms with E-state index >= 15 is 0 Å². The zero-order chi connectivity index (χ0) is 15.1. The van der Waals surface area contributed by atoms with Gasteiger partial charge in [0.15, 0.2) is 0 Å². The van der Waals surface area contributed by atoms with Crippen LogP contribution in [-0.4, -0.2) is 34.6 Å². The van der Waals surface area contributed by atoms with Crippen molar-refractivity contribution >= 4 is 5.71 Å². The van der Waals surface area contributed by atoms with Gasteiger partial charge in [0, 0.05) is 23.5 Å². The van der Waals surface area contributed by atoms with Gasteiger partial charge in [0.1, 0.15) is 11.5 Å². The zero-order valence-electron chi connectivity index (χ0n) is 12.2. The minimum absolute atomic E-state index is 0.498. The molecular formula is C15H19N3O3. The number of aryl methyl sites for hydroxylation is 1. The fourth-order valence-electron chi connectivity index (χ4n) is 1.99. The van der Waals surface area contributed by atoms with Crippen molar-refractivity contribution in [3.05, 3.63) is 42.0 Å². The van der Waals surface area contributed by atoms with Crippen LogP contribution in [0.4, 0.5) is 0 Å². The summed E-state index contributed by atoms with van der Waals surface area (Å²) in [5.41, 5.74) is 2.34. The number of aromatic amines is 1. The summed E-state index contributed by atoms with van der Waals surface area (Å²) in [6.07, 6.45) is 5.27. The number of nitrogens with zero attached hydrogens (tertiary/aromatic N) is 2. The first-order chi connectivity index (χ1) is 10.2. The Morgan fingerprint density at radius 3 is 2.95 bits per heavy atom. The lowest BCUT2D eigenvalue weighted by Crippen LogP contribution is -2.02. The molecule has 0 spiro atoms. The number of ether oxygens (including phenoxy) is 2. The molecule has 0 saturated carbocycles. The van der Waals surface area contributed by atoms with E-state index < -0.39 is 0 Å². The molecule has 21 heavy (non-hydrogen) atoms. The molecule has 0 radical (unpaired) electrons. The van der Waals surface area contributed by atoms with Crippen LogP contribution >= 0.6 is 0 Å². The summed E-state index contributed by atoms with van der Waals surface area (Å²) in [5.74, 6) is 1.35. The van der Waals surface area contributed by atoms with Crippen LogP contribution in [0, 0.1) is 0 Å². The molecule has 112 valence electrons. The molecule has 0 aliphatic carbocycles. The Hall–Kier alpha value is -2.50. The Bertz CT molecular complexity index is 594. The third-order valence-electron chi connectivity index (χ3n) is 3.13. The highest BCUT2D eigenvalue weighted by Gasteiger charge is 2.08. The van der Waals surface area contributed by atoms with E-state index in [4.69, 9.17) is 14.7 Å². The Labute approximate surface area is 123 Å². The number of rotatable bonds is 7. The number of aromatic nitrogens is 2. The average molecular weight is 289 g/mol. The fraction of sp³-hybridized carbons (Fsp3) is 0.333. The van der Waals surface area contributed by atoms with Crippen LogP contribution in [0.1, 0.15) is 24.6 Å². The summed E-state index contributed by atoms with van der Waals surface area (Å²) in [6, 6.07) is 5.45. The van der Waals surface area contributed by atoms with Crippen LogP contribution in [0.25, 0.3) is 0 Å². The van der Waals surface area contributed by atoms with Crippen molar-refractivity contribution in [2.75, 3.05) is 13.7 Å². The minimum atomic E-state index is 0.498. The van der Waals surface area contributed by atoms with Gasteiger partial charge in [-0.3, -0.25) is 0 Å². The molecule has 2 rings (SSSR count). The normalized spacial score (nSPS) is 11.4. The molecule has 0 amide bonds. The molecule has 0 bridgehead atoms. The molecular weight excluding hydrogens is 270 g/mol. The van der Waals surface area contributed by atoms with E-state index in [-0.39, 0.29) is 0 Å². The van der Waals surface area contributed by atoms with Crippen LogP contribution in [0.2, 0.25) is 0 Å². The Morgan fingerprint density at radius 2 is 2.29 bits per heavy atom. The second-order valence-corrected chi connectivity index (χ2v) is 4.58. The Balaban J connectivity index is 1.91. The van der Waals surface area contributed by atoms with E-state index in [0.717, 1.165) is 29.8 Å². The second-order valence-electron chi connectivity index (χ2n) is 4.58. The molecule has 0 saturated heterocycles.